The first-order chi connectivity index (χ1) is 8.02. The molecule has 1 rings (SSSR count). The third-order valence-electron chi connectivity index (χ3n) is 3.30. The zero-order valence-electron chi connectivity index (χ0n) is 12.0. The molecule has 3 nitrogen and oxygen atoms in total. The summed E-state index contributed by atoms with van der Waals surface area (Å²) in [6, 6.07) is 7.15. The maximum atomic E-state index is 12.4. The van der Waals surface area contributed by atoms with Crippen LogP contribution in [0.5, 0.6) is 0 Å². The molecule has 4 heteroatoms. The highest BCUT2D eigenvalue weighted by atomic mass is 32.2. The summed E-state index contributed by atoms with van der Waals surface area (Å²) in [5.41, 5.74) is 1.16. The Morgan fingerprint density at radius 3 is 1.72 bits per heavy atom. The van der Waals surface area contributed by atoms with Crippen molar-refractivity contribution in [1.82, 2.24) is 5.32 Å². The quantitative estimate of drug-likeness (QED) is 0.917. The topological polar surface area (TPSA) is 46.2 Å². The van der Waals surface area contributed by atoms with Crippen LogP contribution in [-0.2, 0) is 15.3 Å². The highest BCUT2D eigenvalue weighted by molar-refractivity contribution is 7.92. The van der Waals surface area contributed by atoms with Crippen LogP contribution in [0.3, 0.4) is 0 Å². The van der Waals surface area contributed by atoms with E-state index in [0.717, 1.165) is 5.56 Å². The Hall–Kier alpha value is -0.870. The van der Waals surface area contributed by atoms with E-state index < -0.39 is 14.7 Å². The smallest absolute Gasteiger partial charge is 0.196 e. The summed E-state index contributed by atoms with van der Waals surface area (Å²) in [6.45, 7) is 9.65. The molecule has 0 unspecified atom stereocenters. The van der Waals surface area contributed by atoms with Crippen LogP contribution in [0, 0.1) is 0 Å². The van der Waals surface area contributed by atoms with Gasteiger partial charge in [-0.2, -0.15) is 0 Å². The van der Waals surface area contributed by atoms with E-state index in [4.69, 9.17) is 0 Å². The lowest BCUT2D eigenvalue weighted by Crippen LogP contribution is -2.44. The third-order valence-corrected chi connectivity index (χ3v) is 5.75. The van der Waals surface area contributed by atoms with Crippen LogP contribution in [0.15, 0.2) is 29.2 Å². The van der Waals surface area contributed by atoms with Gasteiger partial charge < -0.3 is 5.32 Å². The molecule has 0 aliphatic heterocycles. The zero-order valence-corrected chi connectivity index (χ0v) is 12.9. The molecule has 0 saturated carbocycles. The molecule has 18 heavy (non-hydrogen) atoms. The van der Waals surface area contributed by atoms with E-state index in [1.54, 1.807) is 33.0 Å². The SMILES string of the molecule is CNC(C)(C)S(=O)(=O)c1ccc(C(C)(C)C)cc1. The highest BCUT2D eigenvalue weighted by Crippen LogP contribution is 2.27. The van der Waals surface area contributed by atoms with Gasteiger partial charge in [-0.3, -0.25) is 0 Å². The van der Waals surface area contributed by atoms with Crippen LogP contribution in [-0.4, -0.2) is 20.3 Å². The zero-order chi connectivity index (χ0) is 14.2. The van der Waals surface area contributed by atoms with Gasteiger partial charge in [0.05, 0.1) is 4.90 Å². The summed E-state index contributed by atoms with van der Waals surface area (Å²) in [4.78, 5) is -0.606. The van der Waals surface area contributed by atoms with Crippen LogP contribution in [0.4, 0.5) is 0 Å². The summed E-state index contributed by atoms with van der Waals surface area (Å²) >= 11 is 0. The molecule has 0 heterocycles. The number of hydrogen-bond donors (Lipinski definition) is 1. The Morgan fingerprint density at radius 1 is 0.944 bits per heavy atom. The highest BCUT2D eigenvalue weighted by Gasteiger charge is 2.34. The first-order valence-electron chi connectivity index (χ1n) is 6.06. The fourth-order valence-corrected chi connectivity index (χ4v) is 2.92. The number of benzene rings is 1. The minimum atomic E-state index is -3.36. The lowest BCUT2D eigenvalue weighted by Gasteiger charge is -2.25. The molecule has 0 amide bonds. The van der Waals surface area contributed by atoms with Crippen molar-refractivity contribution in [2.45, 2.75) is 49.8 Å². The van der Waals surface area contributed by atoms with Crippen molar-refractivity contribution < 1.29 is 8.42 Å². The summed E-state index contributed by atoms with van der Waals surface area (Å²) in [6.07, 6.45) is 0. The number of hydrogen-bond acceptors (Lipinski definition) is 3. The van der Waals surface area contributed by atoms with Crippen LogP contribution in [0.2, 0.25) is 0 Å². The van der Waals surface area contributed by atoms with Gasteiger partial charge in [0.15, 0.2) is 9.84 Å². The Labute approximate surface area is 111 Å². The predicted molar refractivity (Wildman–Crippen MR) is 75.5 cm³/mol. The van der Waals surface area contributed by atoms with Gasteiger partial charge in [-0.05, 0) is 44.0 Å². The molecule has 1 aromatic rings. The number of rotatable bonds is 3. The van der Waals surface area contributed by atoms with Crippen molar-refractivity contribution in [3.05, 3.63) is 29.8 Å². The lowest BCUT2D eigenvalue weighted by molar-refractivity contribution is 0.510. The molecule has 1 N–H and O–H groups in total. The van der Waals surface area contributed by atoms with Crippen LogP contribution in [0.25, 0.3) is 0 Å². The predicted octanol–water partition coefficient (Wildman–Crippen LogP) is 2.71. The molecule has 0 radical (unpaired) electrons. The van der Waals surface area contributed by atoms with E-state index in [1.807, 2.05) is 12.1 Å². The molecule has 0 saturated heterocycles. The molecule has 1 aromatic carbocycles. The van der Waals surface area contributed by atoms with E-state index in [1.165, 1.54) is 0 Å². The van der Waals surface area contributed by atoms with Crippen molar-refractivity contribution in [1.29, 1.82) is 0 Å². The molecule has 0 aromatic heterocycles. The normalized spacial score (nSPS) is 13.7. The number of sulfone groups is 1. The number of nitrogens with one attached hydrogen (secondary N) is 1. The second-order valence-corrected chi connectivity index (χ2v) is 8.54. The van der Waals surface area contributed by atoms with Gasteiger partial charge in [-0.15, -0.1) is 0 Å². The largest absolute Gasteiger partial charge is 0.302 e. The first-order valence-corrected chi connectivity index (χ1v) is 7.55. The molecule has 0 aliphatic rings. The van der Waals surface area contributed by atoms with E-state index in [-0.39, 0.29) is 5.41 Å². The minimum Gasteiger partial charge on any atom is -0.302 e. The minimum absolute atomic E-state index is 0.0286. The van der Waals surface area contributed by atoms with E-state index >= 15 is 0 Å². The molecular formula is C14H23NO2S. The molecule has 0 spiro atoms. The molecule has 102 valence electrons. The second kappa shape index (κ2) is 4.67. The molecular weight excluding hydrogens is 246 g/mol. The van der Waals surface area contributed by atoms with E-state index in [0.29, 0.717) is 4.90 Å². The van der Waals surface area contributed by atoms with Crippen LogP contribution < -0.4 is 5.32 Å². The van der Waals surface area contributed by atoms with Gasteiger partial charge >= 0.3 is 0 Å². The van der Waals surface area contributed by atoms with Crippen molar-refractivity contribution >= 4 is 9.84 Å². The van der Waals surface area contributed by atoms with Crippen molar-refractivity contribution in [3.8, 4) is 0 Å². The average Bonchev–Trinajstić information content (AvgIpc) is 2.27. The fraction of sp³-hybridized carbons (Fsp3) is 0.571. The standard InChI is InChI=1S/C14H23NO2S/c1-13(2,3)11-7-9-12(10-8-11)18(16,17)14(4,5)15-6/h7-10,15H,1-6H3. The van der Waals surface area contributed by atoms with E-state index in [9.17, 15) is 8.42 Å². The van der Waals surface area contributed by atoms with Crippen molar-refractivity contribution in [3.63, 3.8) is 0 Å². The van der Waals surface area contributed by atoms with Gasteiger partial charge in [0, 0.05) is 0 Å². The first kappa shape index (κ1) is 15.2. The van der Waals surface area contributed by atoms with E-state index in [2.05, 4.69) is 26.1 Å². The van der Waals surface area contributed by atoms with Crippen LogP contribution in [0.1, 0.15) is 40.2 Å². The van der Waals surface area contributed by atoms with Gasteiger partial charge in [0.2, 0.25) is 0 Å². The summed E-state index contributed by atoms with van der Waals surface area (Å²) in [5, 5.41) is 2.84. The van der Waals surface area contributed by atoms with Crippen molar-refractivity contribution in [2.75, 3.05) is 7.05 Å². The van der Waals surface area contributed by atoms with Gasteiger partial charge in [-0.25, -0.2) is 8.42 Å². The maximum Gasteiger partial charge on any atom is 0.196 e. The average molecular weight is 269 g/mol. The maximum absolute atomic E-state index is 12.4. The van der Waals surface area contributed by atoms with Crippen molar-refractivity contribution in [2.24, 2.45) is 0 Å². The Morgan fingerprint density at radius 2 is 1.39 bits per heavy atom. The Balaban J connectivity index is 3.22. The Kier molecular flexibility index (Phi) is 3.94. The van der Waals surface area contributed by atoms with Gasteiger partial charge in [-0.1, -0.05) is 32.9 Å². The summed E-state index contributed by atoms with van der Waals surface area (Å²) in [5.74, 6) is 0. The van der Waals surface area contributed by atoms with Gasteiger partial charge in [0.25, 0.3) is 0 Å². The Bertz CT molecular complexity index is 508. The molecule has 0 aliphatic carbocycles. The third kappa shape index (κ3) is 2.75. The van der Waals surface area contributed by atoms with Crippen LogP contribution >= 0.6 is 0 Å². The van der Waals surface area contributed by atoms with Gasteiger partial charge in [0.1, 0.15) is 4.87 Å². The molecule has 0 atom stereocenters. The molecule has 0 fully saturated rings. The fourth-order valence-electron chi connectivity index (χ4n) is 1.56. The second-order valence-electron chi connectivity index (χ2n) is 6.04. The summed E-state index contributed by atoms with van der Waals surface area (Å²) in [7, 11) is -1.71. The molecule has 0 bridgehead atoms. The summed E-state index contributed by atoms with van der Waals surface area (Å²) < 4.78 is 24.8. The lowest BCUT2D eigenvalue weighted by atomic mass is 9.87. The monoisotopic (exact) mass is 269 g/mol.